The van der Waals surface area contributed by atoms with Crippen molar-refractivity contribution < 1.29 is 38.7 Å². The number of carbonyl (C=O) groups excluding carboxylic acids is 1. The Morgan fingerprint density at radius 1 is 0.739 bits per heavy atom. The number of nitrogens with zero attached hydrogens (tertiary/aromatic N) is 1. The molecule has 0 radical (unpaired) electrons. The number of aliphatic hydroxyl groups excluding tert-OH is 1. The number of aliphatic carboxylic acids is 1. The fourth-order valence-electron chi connectivity index (χ4n) is 6.03. The highest BCUT2D eigenvalue weighted by Crippen LogP contribution is 2.42. The first-order valence-corrected chi connectivity index (χ1v) is 16.1. The van der Waals surface area contributed by atoms with Crippen molar-refractivity contribution in [3.8, 4) is 11.5 Å². The number of rotatable bonds is 18. The van der Waals surface area contributed by atoms with Crippen LogP contribution in [0.15, 0.2) is 78.9 Å². The topological polar surface area (TPSA) is 115 Å². The van der Waals surface area contributed by atoms with Crippen molar-refractivity contribution in [2.75, 3.05) is 40.5 Å². The number of carbonyl (C=O) groups is 2. The molecule has 4 rings (SSSR count). The summed E-state index contributed by atoms with van der Waals surface area (Å²) in [4.78, 5) is 25.7. The summed E-state index contributed by atoms with van der Waals surface area (Å²) >= 11 is 0. The van der Waals surface area contributed by atoms with E-state index < -0.39 is 23.8 Å². The van der Waals surface area contributed by atoms with E-state index in [4.69, 9.17) is 24.1 Å². The van der Waals surface area contributed by atoms with E-state index in [9.17, 15) is 14.7 Å². The Balaban J connectivity index is 1.51. The van der Waals surface area contributed by atoms with Gasteiger partial charge in [0.05, 0.1) is 39.6 Å². The molecule has 2 N–H and O–H groups in total. The van der Waals surface area contributed by atoms with Gasteiger partial charge >= 0.3 is 5.97 Å². The lowest BCUT2D eigenvalue weighted by molar-refractivity contribution is -0.160. The summed E-state index contributed by atoms with van der Waals surface area (Å²) in [6.07, 6.45) is 4.88. The molecule has 9 heteroatoms. The van der Waals surface area contributed by atoms with Crippen LogP contribution in [-0.4, -0.2) is 79.7 Å². The van der Waals surface area contributed by atoms with Crippen molar-refractivity contribution in [3.63, 3.8) is 0 Å². The van der Waals surface area contributed by atoms with Crippen molar-refractivity contribution in [2.24, 2.45) is 0 Å². The largest absolute Gasteiger partial charge is 0.497 e. The van der Waals surface area contributed by atoms with Gasteiger partial charge in [0, 0.05) is 25.9 Å². The molecule has 9 nitrogen and oxygen atoms in total. The van der Waals surface area contributed by atoms with Crippen molar-refractivity contribution in [1.29, 1.82) is 0 Å². The van der Waals surface area contributed by atoms with Crippen LogP contribution in [0.1, 0.15) is 68.1 Å². The SMILES string of the molecule is COc1ccc(C(OC[C@@H]2CN(C(=O)CCCCCCCCC(=O)O)C[C@@H](CO)O2)(c2ccccc2)c2ccc(OC)cc2)cc1. The number of unbranched alkanes of at least 4 members (excludes halogenated alkanes) is 5. The third-order valence-electron chi connectivity index (χ3n) is 8.48. The summed E-state index contributed by atoms with van der Waals surface area (Å²) in [6, 6.07) is 25.6. The van der Waals surface area contributed by atoms with E-state index in [1.807, 2.05) is 78.9 Å². The number of aliphatic hydroxyl groups is 1. The van der Waals surface area contributed by atoms with Gasteiger partial charge in [0.25, 0.3) is 0 Å². The maximum absolute atomic E-state index is 13.3. The molecular weight excluding hydrogens is 586 g/mol. The van der Waals surface area contributed by atoms with Crippen LogP contribution in [0.4, 0.5) is 0 Å². The Hall–Kier alpha value is -3.92. The smallest absolute Gasteiger partial charge is 0.303 e. The maximum atomic E-state index is 13.3. The van der Waals surface area contributed by atoms with Crippen LogP contribution in [0.3, 0.4) is 0 Å². The van der Waals surface area contributed by atoms with E-state index in [0.717, 1.165) is 60.3 Å². The second kappa shape index (κ2) is 17.7. The van der Waals surface area contributed by atoms with Crippen molar-refractivity contribution in [1.82, 2.24) is 4.90 Å². The minimum atomic E-state index is -1.02. The number of methoxy groups -OCH3 is 2. The van der Waals surface area contributed by atoms with Gasteiger partial charge in [-0.2, -0.15) is 0 Å². The Morgan fingerprint density at radius 3 is 1.76 bits per heavy atom. The molecule has 1 saturated heterocycles. The molecule has 1 fully saturated rings. The minimum absolute atomic E-state index is 0.0391. The van der Waals surface area contributed by atoms with Gasteiger partial charge in [-0.1, -0.05) is 80.3 Å². The normalized spacial score (nSPS) is 16.6. The van der Waals surface area contributed by atoms with Crippen LogP contribution < -0.4 is 9.47 Å². The number of amides is 1. The van der Waals surface area contributed by atoms with E-state index in [-0.39, 0.29) is 25.5 Å². The van der Waals surface area contributed by atoms with Gasteiger partial charge in [-0.15, -0.1) is 0 Å². The van der Waals surface area contributed by atoms with Crippen molar-refractivity contribution in [3.05, 3.63) is 95.6 Å². The van der Waals surface area contributed by atoms with Gasteiger partial charge in [-0.05, 0) is 53.8 Å². The Morgan fingerprint density at radius 2 is 1.24 bits per heavy atom. The number of ether oxygens (including phenoxy) is 4. The summed E-state index contributed by atoms with van der Waals surface area (Å²) in [5.74, 6) is 0.744. The first-order chi connectivity index (χ1) is 22.4. The number of morpholine rings is 1. The maximum Gasteiger partial charge on any atom is 0.303 e. The second-order valence-corrected chi connectivity index (χ2v) is 11.7. The van der Waals surface area contributed by atoms with E-state index in [0.29, 0.717) is 25.9 Å². The molecule has 1 aliphatic heterocycles. The molecule has 0 spiro atoms. The molecule has 1 heterocycles. The Bertz CT molecular complexity index is 1300. The van der Waals surface area contributed by atoms with Crippen molar-refractivity contribution >= 4 is 11.9 Å². The first-order valence-electron chi connectivity index (χ1n) is 16.1. The average molecular weight is 634 g/mol. The molecule has 3 aromatic carbocycles. The lowest BCUT2D eigenvalue weighted by Gasteiger charge is -2.41. The molecule has 0 bridgehead atoms. The van der Waals surface area contributed by atoms with Crippen LogP contribution in [0, 0.1) is 0 Å². The molecule has 1 amide bonds. The minimum Gasteiger partial charge on any atom is -0.497 e. The van der Waals surface area contributed by atoms with Crippen LogP contribution in [0.25, 0.3) is 0 Å². The molecule has 0 aromatic heterocycles. The van der Waals surface area contributed by atoms with E-state index in [2.05, 4.69) is 0 Å². The fourth-order valence-corrected chi connectivity index (χ4v) is 6.03. The lowest BCUT2D eigenvalue weighted by Crippen LogP contribution is -2.53. The number of hydrogen-bond donors (Lipinski definition) is 2. The number of carboxylic acids is 1. The van der Waals surface area contributed by atoms with Crippen molar-refractivity contribution in [2.45, 2.75) is 69.2 Å². The highest BCUT2D eigenvalue weighted by Gasteiger charge is 2.40. The van der Waals surface area contributed by atoms with Crippen LogP contribution in [-0.2, 0) is 24.7 Å². The van der Waals surface area contributed by atoms with Crippen LogP contribution >= 0.6 is 0 Å². The fraction of sp³-hybridized carbons (Fsp3) is 0.459. The molecule has 2 atom stereocenters. The molecule has 1 aliphatic rings. The van der Waals surface area contributed by atoms with Gasteiger partial charge in [-0.25, -0.2) is 0 Å². The molecule has 46 heavy (non-hydrogen) atoms. The van der Waals surface area contributed by atoms with Gasteiger partial charge in [-0.3, -0.25) is 9.59 Å². The average Bonchev–Trinajstić information content (AvgIpc) is 3.10. The summed E-state index contributed by atoms with van der Waals surface area (Å²) in [5, 5.41) is 18.8. The monoisotopic (exact) mass is 633 g/mol. The van der Waals surface area contributed by atoms with Gasteiger partial charge < -0.3 is 34.1 Å². The van der Waals surface area contributed by atoms with Crippen LogP contribution in [0.5, 0.6) is 11.5 Å². The molecule has 3 aromatic rings. The standard InChI is InChI=1S/C37H47NO8/c1-43-31-20-16-29(17-21-31)37(28-12-8-7-9-13-28,30-18-22-32(44-2)23-19-30)45-27-34-25-38(24-33(26-39)46-34)35(40)14-10-5-3-4-6-11-15-36(41)42/h7-9,12-13,16-23,33-34,39H,3-6,10-11,14-15,24-27H2,1-2H3,(H,41,42)/t33-,34-/m0/s1. The second-order valence-electron chi connectivity index (χ2n) is 11.7. The predicted molar refractivity (Wildman–Crippen MR) is 175 cm³/mol. The van der Waals surface area contributed by atoms with E-state index in [1.165, 1.54) is 0 Å². The zero-order chi connectivity index (χ0) is 32.8. The molecule has 248 valence electrons. The summed E-state index contributed by atoms with van der Waals surface area (Å²) in [7, 11) is 3.27. The third kappa shape index (κ3) is 9.31. The predicted octanol–water partition coefficient (Wildman–Crippen LogP) is 5.81. The van der Waals surface area contributed by atoms with Gasteiger partial charge in [0.1, 0.15) is 17.1 Å². The molecule has 0 aliphatic carbocycles. The molecular formula is C37H47NO8. The van der Waals surface area contributed by atoms with Gasteiger partial charge in [0.15, 0.2) is 0 Å². The number of carboxylic acid groups (broad SMARTS) is 1. The molecule has 0 saturated carbocycles. The Labute approximate surface area is 272 Å². The zero-order valence-corrected chi connectivity index (χ0v) is 26.9. The first kappa shape index (κ1) is 34.9. The number of benzene rings is 3. The third-order valence-corrected chi connectivity index (χ3v) is 8.48. The van der Waals surface area contributed by atoms with Gasteiger partial charge in [0.2, 0.25) is 5.91 Å². The number of hydrogen-bond acceptors (Lipinski definition) is 7. The lowest BCUT2D eigenvalue weighted by atomic mass is 9.80. The summed E-state index contributed by atoms with van der Waals surface area (Å²) < 4.78 is 24.1. The summed E-state index contributed by atoms with van der Waals surface area (Å²) in [5.41, 5.74) is 1.70. The quantitative estimate of drug-likeness (QED) is 0.133. The van der Waals surface area contributed by atoms with Crippen LogP contribution in [0.2, 0.25) is 0 Å². The highest BCUT2D eigenvalue weighted by molar-refractivity contribution is 5.76. The highest BCUT2D eigenvalue weighted by atomic mass is 16.6. The summed E-state index contributed by atoms with van der Waals surface area (Å²) in [6.45, 7) is 0.670. The molecule has 0 unspecified atom stereocenters. The Kier molecular flexibility index (Phi) is 13.4. The zero-order valence-electron chi connectivity index (χ0n) is 26.9. The van der Waals surface area contributed by atoms with E-state index in [1.54, 1.807) is 19.1 Å². The van der Waals surface area contributed by atoms with E-state index >= 15 is 0 Å².